The van der Waals surface area contributed by atoms with Crippen LogP contribution in [0.4, 0.5) is 0 Å². The van der Waals surface area contributed by atoms with Crippen molar-refractivity contribution < 1.29 is 13.2 Å². The predicted octanol–water partition coefficient (Wildman–Crippen LogP) is 5.28. The molecule has 0 bridgehead atoms. The molecule has 1 heterocycles. The number of carbonyl (C=O) groups is 1. The molecule has 1 saturated heterocycles. The molecule has 1 unspecified atom stereocenters. The van der Waals surface area contributed by atoms with Gasteiger partial charge in [0.15, 0.2) is 5.78 Å². The third-order valence-corrected chi connectivity index (χ3v) is 7.83. The second-order valence-corrected chi connectivity index (χ2v) is 10.4. The molecule has 3 aromatic rings. The van der Waals surface area contributed by atoms with E-state index in [2.05, 4.69) is 0 Å². The van der Waals surface area contributed by atoms with Crippen LogP contribution in [-0.4, -0.2) is 31.6 Å². The second kappa shape index (κ2) is 8.85. The number of Topliss-reactive ketones (excluding diaryl/α,β-unsaturated/α-hetero) is 1. The Kier molecular flexibility index (Phi) is 6.13. The highest BCUT2D eigenvalue weighted by molar-refractivity contribution is 7.89. The summed E-state index contributed by atoms with van der Waals surface area (Å²) in [6.07, 6.45) is 0. The Hall–Kier alpha value is -3.02. The third-order valence-electron chi connectivity index (χ3n) is 6.00. The molecular weight excluding hydrogens is 418 g/mol. The molecule has 0 saturated carbocycles. The molecule has 32 heavy (non-hydrogen) atoms. The summed E-state index contributed by atoms with van der Waals surface area (Å²) in [7, 11) is -3.65. The van der Waals surface area contributed by atoms with Crippen LogP contribution in [0.15, 0.2) is 89.3 Å². The van der Waals surface area contributed by atoms with Gasteiger partial charge < -0.3 is 0 Å². The van der Waals surface area contributed by atoms with Crippen molar-refractivity contribution in [1.82, 2.24) is 4.31 Å². The van der Waals surface area contributed by atoms with Gasteiger partial charge in [0, 0.05) is 24.2 Å². The molecule has 0 amide bonds. The van der Waals surface area contributed by atoms with Gasteiger partial charge in [0.05, 0.1) is 4.90 Å². The SMILES string of the molecule is Cc1ccc(/C(C(=O)c2ccccc2)=C2\CN(S(=O)(=O)c3ccc(C)cc3)CC2C)cc1. The van der Waals surface area contributed by atoms with Gasteiger partial charge in [0.25, 0.3) is 0 Å². The molecule has 1 aliphatic heterocycles. The van der Waals surface area contributed by atoms with E-state index in [4.69, 9.17) is 0 Å². The summed E-state index contributed by atoms with van der Waals surface area (Å²) in [5, 5.41) is 0. The maximum Gasteiger partial charge on any atom is 0.243 e. The van der Waals surface area contributed by atoms with Crippen LogP contribution in [0.3, 0.4) is 0 Å². The van der Waals surface area contributed by atoms with E-state index in [0.717, 1.165) is 22.3 Å². The highest BCUT2D eigenvalue weighted by atomic mass is 32.2. The molecule has 0 aromatic heterocycles. The van der Waals surface area contributed by atoms with Gasteiger partial charge in [-0.05, 0) is 43.0 Å². The lowest BCUT2D eigenvalue weighted by Gasteiger charge is -2.16. The number of hydrogen-bond donors (Lipinski definition) is 0. The Morgan fingerprint density at radius 1 is 0.812 bits per heavy atom. The summed E-state index contributed by atoms with van der Waals surface area (Å²) < 4.78 is 28.1. The van der Waals surface area contributed by atoms with Crippen molar-refractivity contribution in [3.05, 3.63) is 107 Å². The van der Waals surface area contributed by atoms with Crippen LogP contribution < -0.4 is 0 Å². The normalized spacial score (nSPS) is 18.5. The minimum atomic E-state index is -3.65. The number of hydrogen-bond acceptors (Lipinski definition) is 3. The van der Waals surface area contributed by atoms with Crippen molar-refractivity contribution in [3.63, 3.8) is 0 Å². The lowest BCUT2D eigenvalue weighted by molar-refractivity contribution is 0.105. The van der Waals surface area contributed by atoms with E-state index in [0.29, 0.717) is 17.7 Å². The van der Waals surface area contributed by atoms with Crippen molar-refractivity contribution in [2.45, 2.75) is 25.7 Å². The summed E-state index contributed by atoms with van der Waals surface area (Å²) in [4.78, 5) is 13.9. The van der Waals surface area contributed by atoms with Crippen LogP contribution >= 0.6 is 0 Å². The fourth-order valence-electron chi connectivity index (χ4n) is 4.11. The van der Waals surface area contributed by atoms with Gasteiger partial charge in [0.1, 0.15) is 0 Å². The largest absolute Gasteiger partial charge is 0.289 e. The van der Waals surface area contributed by atoms with Crippen LogP contribution in [0.1, 0.15) is 34.0 Å². The van der Waals surface area contributed by atoms with Gasteiger partial charge in [-0.3, -0.25) is 4.79 Å². The first-order valence-corrected chi connectivity index (χ1v) is 12.2. The maximum atomic E-state index is 13.6. The summed E-state index contributed by atoms with van der Waals surface area (Å²) in [5.41, 5.74) is 5.00. The molecule has 0 spiro atoms. The zero-order valence-electron chi connectivity index (χ0n) is 18.6. The fraction of sp³-hybridized carbons (Fsp3) is 0.222. The Morgan fingerprint density at radius 2 is 1.38 bits per heavy atom. The zero-order valence-corrected chi connectivity index (χ0v) is 19.4. The molecule has 3 aromatic carbocycles. The predicted molar refractivity (Wildman–Crippen MR) is 128 cm³/mol. The van der Waals surface area contributed by atoms with Crippen LogP contribution in [-0.2, 0) is 10.0 Å². The summed E-state index contributed by atoms with van der Waals surface area (Å²) in [6.45, 7) is 6.48. The van der Waals surface area contributed by atoms with Crippen molar-refractivity contribution in [2.75, 3.05) is 13.1 Å². The number of ketones is 1. The summed E-state index contributed by atoms with van der Waals surface area (Å²) in [6, 6.07) is 23.9. The van der Waals surface area contributed by atoms with Crippen LogP contribution in [0.25, 0.3) is 5.57 Å². The van der Waals surface area contributed by atoms with Gasteiger partial charge in [-0.2, -0.15) is 4.31 Å². The van der Waals surface area contributed by atoms with Gasteiger partial charge in [-0.15, -0.1) is 0 Å². The number of nitrogens with zero attached hydrogens (tertiary/aromatic N) is 1. The third kappa shape index (κ3) is 4.31. The van der Waals surface area contributed by atoms with Crippen molar-refractivity contribution in [1.29, 1.82) is 0 Å². The quantitative estimate of drug-likeness (QED) is 0.397. The Labute approximate surface area is 190 Å². The van der Waals surface area contributed by atoms with E-state index in [1.807, 2.05) is 63.2 Å². The Morgan fingerprint density at radius 3 is 1.97 bits per heavy atom. The van der Waals surface area contributed by atoms with E-state index in [9.17, 15) is 13.2 Å². The minimum absolute atomic E-state index is 0.0702. The monoisotopic (exact) mass is 445 g/mol. The topological polar surface area (TPSA) is 54.5 Å². The first kappa shape index (κ1) is 22.2. The second-order valence-electron chi connectivity index (χ2n) is 8.47. The van der Waals surface area contributed by atoms with E-state index < -0.39 is 10.0 Å². The average molecular weight is 446 g/mol. The molecule has 4 rings (SSSR count). The van der Waals surface area contributed by atoms with E-state index in [1.54, 1.807) is 36.4 Å². The van der Waals surface area contributed by atoms with Gasteiger partial charge in [-0.1, -0.05) is 84.8 Å². The molecule has 1 fully saturated rings. The molecule has 4 nitrogen and oxygen atoms in total. The number of allylic oxidation sites excluding steroid dienone is 1. The van der Waals surface area contributed by atoms with Crippen molar-refractivity contribution in [3.8, 4) is 0 Å². The number of carbonyl (C=O) groups excluding carboxylic acids is 1. The zero-order chi connectivity index (χ0) is 22.9. The van der Waals surface area contributed by atoms with E-state index in [-0.39, 0.29) is 23.1 Å². The fourth-order valence-corrected chi connectivity index (χ4v) is 5.62. The summed E-state index contributed by atoms with van der Waals surface area (Å²) in [5.74, 6) is -0.148. The minimum Gasteiger partial charge on any atom is -0.289 e. The van der Waals surface area contributed by atoms with E-state index >= 15 is 0 Å². The molecular formula is C27H27NO3S. The molecule has 164 valence electrons. The molecule has 1 aliphatic rings. The van der Waals surface area contributed by atoms with Crippen molar-refractivity contribution >= 4 is 21.4 Å². The molecule has 1 atom stereocenters. The van der Waals surface area contributed by atoms with Gasteiger partial charge >= 0.3 is 0 Å². The van der Waals surface area contributed by atoms with Crippen LogP contribution in [0.2, 0.25) is 0 Å². The Balaban J connectivity index is 1.79. The molecule has 5 heteroatoms. The smallest absolute Gasteiger partial charge is 0.243 e. The highest BCUT2D eigenvalue weighted by Crippen LogP contribution is 2.35. The average Bonchev–Trinajstić information content (AvgIpc) is 3.18. The maximum absolute atomic E-state index is 13.6. The standard InChI is InChI=1S/C27H27NO3S/c1-19-9-13-22(14-10-19)26(27(29)23-7-5-4-6-8-23)25-18-28(17-21(25)3)32(30,31)24-15-11-20(2)12-16-24/h4-16,21H,17-18H2,1-3H3/b26-25-. The first-order valence-electron chi connectivity index (χ1n) is 10.7. The van der Waals surface area contributed by atoms with Crippen molar-refractivity contribution in [2.24, 2.45) is 5.92 Å². The first-order chi connectivity index (χ1) is 15.3. The Bertz CT molecular complexity index is 1260. The van der Waals surface area contributed by atoms with Gasteiger partial charge in [-0.25, -0.2) is 8.42 Å². The van der Waals surface area contributed by atoms with Crippen LogP contribution in [0.5, 0.6) is 0 Å². The molecule has 0 N–H and O–H groups in total. The molecule has 0 radical (unpaired) electrons. The number of rotatable bonds is 5. The lowest BCUT2D eigenvalue weighted by atomic mass is 9.88. The number of benzene rings is 3. The highest BCUT2D eigenvalue weighted by Gasteiger charge is 2.36. The number of sulfonamides is 1. The van der Waals surface area contributed by atoms with Crippen LogP contribution in [0, 0.1) is 19.8 Å². The number of aryl methyl sites for hydroxylation is 2. The van der Waals surface area contributed by atoms with E-state index in [1.165, 1.54) is 4.31 Å². The molecule has 0 aliphatic carbocycles. The van der Waals surface area contributed by atoms with Gasteiger partial charge in [0.2, 0.25) is 10.0 Å². The lowest BCUT2D eigenvalue weighted by Crippen LogP contribution is -2.28. The summed E-state index contributed by atoms with van der Waals surface area (Å²) >= 11 is 0.